The minimum absolute atomic E-state index is 0.0327. The van der Waals surface area contributed by atoms with E-state index in [1.54, 1.807) is 0 Å². The SMILES string of the molecule is CCn1ccnc1CN1CCN(CC(=O)N[C@@H](C)c2ccccc2)C[C@H]1C. The summed E-state index contributed by atoms with van der Waals surface area (Å²) in [6.45, 7) is 11.4. The zero-order chi connectivity index (χ0) is 19.2. The number of carbonyl (C=O) groups excluding carboxylic acids is 1. The number of piperazine rings is 1. The van der Waals surface area contributed by atoms with Gasteiger partial charge in [0.1, 0.15) is 5.82 Å². The molecule has 6 nitrogen and oxygen atoms in total. The fraction of sp³-hybridized carbons (Fsp3) is 0.524. The van der Waals surface area contributed by atoms with Gasteiger partial charge < -0.3 is 9.88 Å². The molecule has 0 bridgehead atoms. The van der Waals surface area contributed by atoms with Crippen molar-refractivity contribution in [3.05, 3.63) is 54.1 Å². The highest BCUT2D eigenvalue weighted by molar-refractivity contribution is 5.78. The molecule has 2 atom stereocenters. The summed E-state index contributed by atoms with van der Waals surface area (Å²) in [6, 6.07) is 10.5. The molecule has 0 unspecified atom stereocenters. The molecule has 0 spiro atoms. The van der Waals surface area contributed by atoms with Gasteiger partial charge in [-0.15, -0.1) is 0 Å². The summed E-state index contributed by atoms with van der Waals surface area (Å²) < 4.78 is 2.19. The Morgan fingerprint density at radius 3 is 2.78 bits per heavy atom. The van der Waals surface area contributed by atoms with Crippen molar-refractivity contribution >= 4 is 5.91 Å². The van der Waals surface area contributed by atoms with Gasteiger partial charge in [0, 0.05) is 44.6 Å². The molecule has 0 aliphatic carbocycles. The van der Waals surface area contributed by atoms with Crippen LogP contribution < -0.4 is 5.32 Å². The number of nitrogens with zero attached hydrogens (tertiary/aromatic N) is 4. The predicted molar refractivity (Wildman–Crippen MR) is 107 cm³/mol. The number of aromatic nitrogens is 2. The summed E-state index contributed by atoms with van der Waals surface area (Å²) in [7, 11) is 0. The van der Waals surface area contributed by atoms with Gasteiger partial charge >= 0.3 is 0 Å². The Morgan fingerprint density at radius 1 is 1.30 bits per heavy atom. The third-order valence-electron chi connectivity index (χ3n) is 5.38. The zero-order valence-corrected chi connectivity index (χ0v) is 16.6. The fourth-order valence-corrected chi connectivity index (χ4v) is 3.73. The lowest BCUT2D eigenvalue weighted by molar-refractivity contribution is -0.123. The van der Waals surface area contributed by atoms with Crippen LogP contribution in [0.3, 0.4) is 0 Å². The minimum atomic E-state index is 0.0327. The Balaban J connectivity index is 1.47. The van der Waals surface area contributed by atoms with Gasteiger partial charge in [0.2, 0.25) is 5.91 Å². The molecule has 1 aliphatic heterocycles. The fourth-order valence-electron chi connectivity index (χ4n) is 3.73. The van der Waals surface area contributed by atoms with Gasteiger partial charge in [-0.25, -0.2) is 4.98 Å². The lowest BCUT2D eigenvalue weighted by Crippen LogP contribution is -2.53. The van der Waals surface area contributed by atoms with Crippen LogP contribution in [-0.4, -0.2) is 57.5 Å². The molecule has 1 aromatic carbocycles. The first-order valence-corrected chi connectivity index (χ1v) is 9.87. The normalized spacial score (nSPS) is 19.7. The molecule has 1 fully saturated rings. The molecule has 2 aromatic rings. The van der Waals surface area contributed by atoms with Crippen molar-refractivity contribution in [3.8, 4) is 0 Å². The second-order valence-electron chi connectivity index (χ2n) is 7.38. The molecule has 1 amide bonds. The predicted octanol–water partition coefficient (Wildman–Crippen LogP) is 2.29. The van der Waals surface area contributed by atoms with E-state index in [9.17, 15) is 4.79 Å². The van der Waals surface area contributed by atoms with E-state index in [1.807, 2.05) is 49.6 Å². The van der Waals surface area contributed by atoms with Gasteiger partial charge in [-0.3, -0.25) is 14.6 Å². The van der Waals surface area contributed by atoms with Crippen molar-refractivity contribution < 1.29 is 4.79 Å². The molecule has 1 N–H and O–H groups in total. The summed E-state index contributed by atoms with van der Waals surface area (Å²) in [5, 5.41) is 3.11. The van der Waals surface area contributed by atoms with Crippen molar-refractivity contribution in [2.45, 2.75) is 45.9 Å². The number of benzene rings is 1. The number of amides is 1. The second kappa shape index (κ2) is 9.15. The van der Waals surface area contributed by atoms with Gasteiger partial charge in [0.05, 0.1) is 19.1 Å². The molecular weight excluding hydrogens is 338 g/mol. The van der Waals surface area contributed by atoms with Gasteiger partial charge in [0.15, 0.2) is 0 Å². The smallest absolute Gasteiger partial charge is 0.234 e. The van der Waals surface area contributed by atoms with Crippen molar-refractivity contribution in [2.75, 3.05) is 26.2 Å². The van der Waals surface area contributed by atoms with Crippen LogP contribution >= 0.6 is 0 Å². The first-order valence-electron chi connectivity index (χ1n) is 9.87. The Morgan fingerprint density at radius 2 is 2.07 bits per heavy atom. The summed E-state index contributed by atoms with van der Waals surface area (Å²) >= 11 is 0. The Hall–Kier alpha value is -2.18. The van der Waals surface area contributed by atoms with Crippen molar-refractivity contribution in [2.24, 2.45) is 0 Å². The molecule has 1 aromatic heterocycles. The van der Waals surface area contributed by atoms with Gasteiger partial charge in [0.25, 0.3) is 0 Å². The number of hydrogen-bond acceptors (Lipinski definition) is 4. The van der Waals surface area contributed by atoms with Crippen LogP contribution in [0.2, 0.25) is 0 Å². The highest BCUT2D eigenvalue weighted by Gasteiger charge is 2.26. The van der Waals surface area contributed by atoms with Gasteiger partial charge in [-0.2, -0.15) is 0 Å². The number of hydrogen-bond donors (Lipinski definition) is 1. The molecule has 3 rings (SSSR count). The minimum Gasteiger partial charge on any atom is -0.348 e. The van der Waals surface area contributed by atoms with E-state index in [4.69, 9.17) is 0 Å². The first-order chi connectivity index (χ1) is 13.1. The molecule has 0 saturated carbocycles. The molecule has 0 radical (unpaired) electrons. The van der Waals surface area contributed by atoms with Crippen LogP contribution in [0, 0.1) is 0 Å². The van der Waals surface area contributed by atoms with E-state index in [-0.39, 0.29) is 11.9 Å². The molecule has 146 valence electrons. The Kier molecular flexibility index (Phi) is 6.63. The first kappa shape index (κ1) is 19.6. The largest absolute Gasteiger partial charge is 0.348 e. The highest BCUT2D eigenvalue weighted by Crippen LogP contribution is 2.14. The molecule has 6 heteroatoms. The monoisotopic (exact) mass is 369 g/mol. The Labute approximate surface area is 162 Å². The van der Waals surface area contributed by atoms with Crippen LogP contribution in [0.25, 0.3) is 0 Å². The summed E-state index contributed by atoms with van der Waals surface area (Å²) in [6.07, 6.45) is 3.91. The Bertz CT molecular complexity index is 729. The molecule has 2 heterocycles. The summed E-state index contributed by atoms with van der Waals surface area (Å²) in [5.74, 6) is 1.21. The van der Waals surface area contributed by atoms with E-state index in [0.717, 1.165) is 44.1 Å². The van der Waals surface area contributed by atoms with Crippen molar-refractivity contribution in [1.82, 2.24) is 24.7 Å². The van der Waals surface area contributed by atoms with E-state index < -0.39 is 0 Å². The average Bonchev–Trinajstić information content (AvgIpc) is 3.11. The number of aryl methyl sites for hydroxylation is 1. The highest BCUT2D eigenvalue weighted by atomic mass is 16.2. The van der Waals surface area contributed by atoms with Crippen LogP contribution in [0.1, 0.15) is 38.2 Å². The topological polar surface area (TPSA) is 53.4 Å². The molecular formula is C21H31N5O. The number of carbonyl (C=O) groups is 1. The number of nitrogens with one attached hydrogen (secondary N) is 1. The molecule has 1 aliphatic rings. The maximum atomic E-state index is 12.4. The van der Waals surface area contributed by atoms with E-state index in [1.165, 1.54) is 0 Å². The van der Waals surface area contributed by atoms with Crippen molar-refractivity contribution in [3.63, 3.8) is 0 Å². The van der Waals surface area contributed by atoms with Crippen molar-refractivity contribution in [1.29, 1.82) is 0 Å². The average molecular weight is 370 g/mol. The summed E-state index contributed by atoms with van der Waals surface area (Å²) in [5.41, 5.74) is 1.13. The number of imidazole rings is 1. The van der Waals surface area contributed by atoms with Crippen LogP contribution in [0.4, 0.5) is 0 Å². The third kappa shape index (κ3) is 5.17. The maximum Gasteiger partial charge on any atom is 0.234 e. The quantitative estimate of drug-likeness (QED) is 0.814. The van der Waals surface area contributed by atoms with E-state index in [0.29, 0.717) is 12.6 Å². The lowest BCUT2D eigenvalue weighted by Gasteiger charge is -2.39. The standard InChI is InChI=1S/C21H31N5O/c1-4-25-11-10-22-20(25)15-26-13-12-24(14-17(26)2)16-21(27)23-18(3)19-8-6-5-7-9-19/h5-11,17-18H,4,12-16H2,1-3H3,(H,23,27)/t17-,18+/m1/s1. The van der Waals surface area contributed by atoms with Crippen LogP contribution in [0.15, 0.2) is 42.7 Å². The van der Waals surface area contributed by atoms with E-state index >= 15 is 0 Å². The number of rotatable bonds is 7. The third-order valence-corrected chi connectivity index (χ3v) is 5.38. The second-order valence-corrected chi connectivity index (χ2v) is 7.38. The van der Waals surface area contributed by atoms with Gasteiger partial charge in [-0.1, -0.05) is 30.3 Å². The molecule has 27 heavy (non-hydrogen) atoms. The maximum absolute atomic E-state index is 12.4. The van der Waals surface area contributed by atoms with Crippen LogP contribution in [0.5, 0.6) is 0 Å². The zero-order valence-electron chi connectivity index (χ0n) is 16.6. The molecule has 1 saturated heterocycles. The summed E-state index contributed by atoms with van der Waals surface area (Å²) in [4.78, 5) is 21.6. The van der Waals surface area contributed by atoms with E-state index in [2.05, 4.69) is 38.5 Å². The van der Waals surface area contributed by atoms with Gasteiger partial charge in [-0.05, 0) is 26.3 Å². The lowest BCUT2D eigenvalue weighted by atomic mass is 10.1. The van der Waals surface area contributed by atoms with Crippen LogP contribution in [-0.2, 0) is 17.9 Å².